The third-order valence-electron chi connectivity index (χ3n) is 5.85. The first kappa shape index (κ1) is 16.0. The summed E-state index contributed by atoms with van der Waals surface area (Å²) < 4.78 is 0. The van der Waals surface area contributed by atoms with Crippen LogP contribution >= 0.6 is 0 Å². The number of hydrogen-bond donors (Lipinski definition) is 1. The van der Waals surface area contributed by atoms with Gasteiger partial charge in [-0.15, -0.1) is 0 Å². The van der Waals surface area contributed by atoms with E-state index in [1.54, 1.807) is 6.08 Å². The van der Waals surface area contributed by atoms with Gasteiger partial charge in [0.25, 0.3) is 0 Å². The molecule has 0 aromatic heterocycles. The highest BCUT2D eigenvalue weighted by Gasteiger charge is 2.45. The van der Waals surface area contributed by atoms with Crippen LogP contribution in [0.5, 0.6) is 0 Å². The van der Waals surface area contributed by atoms with Crippen LogP contribution < -0.4 is 0 Å². The Bertz CT molecular complexity index is 409. The molecule has 1 atom stereocenters. The van der Waals surface area contributed by atoms with Gasteiger partial charge >= 0.3 is 0 Å². The minimum absolute atomic E-state index is 0.0297. The lowest BCUT2D eigenvalue weighted by atomic mass is 9.73. The zero-order valence-electron chi connectivity index (χ0n) is 13.7. The molecule has 1 spiro atoms. The van der Waals surface area contributed by atoms with E-state index in [2.05, 4.69) is 4.90 Å². The van der Waals surface area contributed by atoms with Crippen LogP contribution in [0.3, 0.4) is 0 Å². The predicted octanol–water partition coefficient (Wildman–Crippen LogP) is 2.18. The maximum Gasteiger partial charge on any atom is 0.246 e. The van der Waals surface area contributed by atoms with Crippen LogP contribution in [0.15, 0.2) is 12.2 Å². The van der Waals surface area contributed by atoms with Crippen molar-refractivity contribution in [3.05, 3.63) is 12.2 Å². The fourth-order valence-electron chi connectivity index (χ4n) is 4.61. The zero-order chi connectivity index (χ0) is 15.4. The van der Waals surface area contributed by atoms with Gasteiger partial charge in [0.1, 0.15) is 0 Å². The Labute approximate surface area is 134 Å². The van der Waals surface area contributed by atoms with Crippen LogP contribution in [0, 0.1) is 5.41 Å². The van der Waals surface area contributed by atoms with Crippen LogP contribution in [0.2, 0.25) is 0 Å². The number of amides is 1. The van der Waals surface area contributed by atoms with Crippen molar-refractivity contribution in [3.63, 3.8) is 0 Å². The van der Waals surface area contributed by atoms with Crippen molar-refractivity contribution in [1.82, 2.24) is 9.80 Å². The SMILES string of the molecule is O=C(/C=C/CN1CCCC1)N1CC2(CCCCC2)CC1CO. The summed E-state index contributed by atoms with van der Waals surface area (Å²) in [5.74, 6) is 0.0979. The fraction of sp³-hybridized carbons (Fsp3) is 0.833. The summed E-state index contributed by atoms with van der Waals surface area (Å²) >= 11 is 0. The van der Waals surface area contributed by atoms with E-state index in [0.29, 0.717) is 5.41 Å². The molecule has 0 bridgehead atoms. The van der Waals surface area contributed by atoms with E-state index >= 15 is 0 Å². The van der Waals surface area contributed by atoms with E-state index in [9.17, 15) is 9.90 Å². The molecule has 124 valence electrons. The van der Waals surface area contributed by atoms with Crippen LogP contribution in [-0.2, 0) is 4.79 Å². The quantitative estimate of drug-likeness (QED) is 0.810. The van der Waals surface area contributed by atoms with Gasteiger partial charge in [-0.2, -0.15) is 0 Å². The summed E-state index contributed by atoms with van der Waals surface area (Å²) in [6.07, 6.45) is 13.7. The third kappa shape index (κ3) is 3.54. The van der Waals surface area contributed by atoms with Crippen LogP contribution in [0.4, 0.5) is 0 Å². The molecule has 2 heterocycles. The summed E-state index contributed by atoms with van der Waals surface area (Å²) in [6.45, 7) is 4.16. The number of nitrogens with zero attached hydrogens (tertiary/aromatic N) is 2. The fourth-order valence-corrected chi connectivity index (χ4v) is 4.61. The standard InChI is InChI=1S/C18H30N2O2/c21-14-16-13-18(8-2-1-3-9-18)15-20(16)17(22)7-6-12-19-10-4-5-11-19/h6-7,16,21H,1-5,8-15H2/b7-6+. The minimum Gasteiger partial charge on any atom is -0.394 e. The summed E-state index contributed by atoms with van der Waals surface area (Å²) in [6, 6.07) is 0.0297. The number of carbonyl (C=O) groups is 1. The van der Waals surface area contributed by atoms with E-state index in [0.717, 1.165) is 32.6 Å². The van der Waals surface area contributed by atoms with E-state index in [4.69, 9.17) is 0 Å². The Morgan fingerprint density at radius 1 is 1.14 bits per heavy atom. The first-order chi connectivity index (χ1) is 10.7. The lowest BCUT2D eigenvalue weighted by molar-refractivity contribution is -0.127. The highest BCUT2D eigenvalue weighted by Crippen LogP contribution is 2.46. The number of aliphatic hydroxyl groups excluding tert-OH is 1. The minimum atomic E-state index is 0.0297. The molecule has 3 fully saturated rings. The lowest BCUT2D eigenvalue weighted by Gasteiger charge is -2.32. The number of hydrogen-bond acceptors (Lipinski definition) is 3. The average Bonchev–Trinajstić information content (AvgIpc) is 3.16. The second-order valence-electron chi connectivity index (χ2n) is 7.48. The molecule has 3 rings (SSSR count). The van der Waals surface area contributed by atoms with E-state index in [-0.39, 0.29) is 18.6 Å². The monoisotopic (exact) mass is 306 g/mol. The Kier molecular flexibility index (Phi) is 5.19. The van der Waals surface area contributed by atoms with Gasteiger partial charge in [-0.25, -0.2) is 0 Å². The molecule has 1 saturated carbocycles. The van der Waals surface area contributed by atoms with Crippen molar-refractivity contribution in [2.45, 2.75) is 57.4 Å². The molecule has 4 nitrogen and oxygen atoms in total. The lowest BCUT2D eigenvalue weighted by Crippen LogP contribution is -2.37. The van der Waals surface area contributed by atoms with Crippen molar-refractivity contribution in [1.29, 1.82) is 0 Å². The number of carbonyl (C=O) groups excluding carboxylic acids is 1. The second kappa shape index (κ2) is 7.14. The topological polar surface area (TPSA) is 43.8 Å². The van der Waals surface area contributed by atoms with Crippen molar-refractivity contribution in [3.8, 4) is 0 Å². The summed E-state index contributed by atoms with van der Waals surface area (Å²) in [5, 5.41) is 9.67. The molecule has 3 aliphatic rings. The summed E-state index contributed by atoms with van der Waals surface area (Å²) in [4.78, 5) is 16.8. The van der Waals surface area contributed by atoms with Crippen molar-refractivity contribution in [2.24, 2.45) is 5.41 Å². The van der Waals surface area contributed by atoms with Crippen LogP contribution in [0.1, 0.15) is 51.4 Å². The van der Waals surface area contributed by atoms with Gasteiger partial charge in [-0.05, 0) is 50.6 Å². The van der Waals surface area contributed by atoms with E-state index < -0.39 is 0 Å². The molecule has 1 amide bonds. The molecule has 2 saturated heterocycles. The Balaban J connectivity index is 1.57. The zero-order valence-corrected chi connectivity index (χ0v) is 13.7. The van der Waals surface area contributed by atoms with E-state index in [1.807, 2.05) is 11.0 Å². The highest BCUT2D eigenvalue weighted by atomic mass is 16.3. The molecule has 1 N–H and O–H groups in total. The number of likely N-dealkylation sites (tertiary alicyclic amines) is 2. The van der Waals surface area contributed by atoms with Gasteiger partial charge in [0.15, 0.2) is 0 Å². The van der Waals surface area contributed by atoms with Crippen LogP contribution in [-0.4, -0.2) is 59.6 Å². The first-order valence-electron chi connectivity index (χ1n) is 9.03. The molecule has 0 aromatic rings. The number of rotatable bonds is 4. The van der Waals surface area contributed by atoms with Crippen molar-refractivity contribution in [2.75, 3.05) is 32.8 Å². The van der Waals surface area contributed by atoms with Gasteiger partial charge in [0.2, 0.25) is 5.91 Å². The maximum atomic E-state index is 12.5. The van der Waals surface area contributed by atoms with Crippen molar-refractivity contribution < 1.29 is 9.90 Å². The Hall–Kier alpha value is -0.870. The average molecular weight is 306 g/mol. The van der Waals surface area contributed by atoms with Gasteiger partial charge < -0.3 is 10.0 Å². The molecule has 0 radical (unpaired) electrons. The van der Waals surface area contributed by atoms with Gasteiger partial charge in [-0.3, -0.25) is 9.69 Å². The largest absolute Gasteiger partial charge is 0.394 e. The van der Waals surface area contributed by atoms with Crippen LogP contribution in [0.25, 0.3) is 0 Å². The first-order valence-corrected chi connectivity index (χ1v) is 9.03. The molecule has 0 aromatic carbocycles. The Morgan fingerprint density at radius 3 is 2.55 bits per heavy atom. The van der Waals surface area contributed by atoms with Gasteiger partial charge in [-0.1, -0.05) is 25.3 Å². The molecule has 2 aliphatic heterocycles. The van der Waals surface area contributed by atoms with E-state index in [1.165, 1.54) is 44.9 Å². The molecular formula is C18H30N2O2. The summed E-state index contributed by atoms with van der Waals surface area (Å²) in [7, 11) is 0. The highest BCUT2D eigenvalue weighted by molar-refractivity contribution is 5.88. The molecule has 4 heteroatoms. The third-order valence-corrected chi connectivity index (χ3v) is 5.85. The number of aliphatic hydroxyl groups is 1. The molecule has 1 aliphatic carbocycles. The molecule has 1 unspecified atom stereocenters. The smallest absolute Gasteiger partial charge is 0.246 e. The second-order valence-corrected chi connectivity index (χ2v) is 7.48. The molecular weight excluding hydrogens is 276 g/mol. The molecule has 22 heavy (non-hydrogen) atoms. The Morgan fingerprint density at radius 2 is 1.86 bits per heavy atom. The summed E-state index contributed by atoms with van der Waals surface area (Å²) in [5.41, 5.74) is 0.296. The normalized spacial score (nSPS) is 29.0. The van der Waals surface area contributed by atoms with Crippen molar-refractivity contribution >= 4 is 5.91 Å². The van der Waals surface area contributed by atoms with Gasteiger partial charge in [0.05, 0.1) is 12.6 Å². The predicted molar refractivity (Wildman–Crippen MR) is 87.5 cm³/mol. The van der Waals surface area contributed by atoms with Gasteiger partial charge in [0, 0.05) is 19.2 Å². The maximum absolute atomic E-state index is 12.5.